The molecule has 0 radical (unpaired) electrons. The van der Waals surface area contributed by atoms with E-state index in [9.17, 15) is 5.11 Å². The van der Waals surface area contributed by atoms with Crippen LogP contribution in [0.4, 0.5) is 0 Å². The second-order valence-electron chi connectivity index (χ2n) is 21.0. The van der Waals surface area contributed by atoms with Crippen molar-refractivity contribution in [3.8, 4) is 0 Å². The summed E-state index contributed by atoms with van der Waals surface area (Å²) in [7, 11) is 0. The highest BCUT2D eigenvalue weighted by Crippen LogP contribution is 2.28. The molecule has 430 valence electrons. The smallest absolute Gasteiger partial charge is 0.0676 e. The summed E-state index contributed by atoms with van der Waals surface area (Å²) < 4.78 is 0. The molecule has 0 saturated carbocycles. The van der Waals surface area contributed by atoms with E-state index in [-0.39, 0.29) is 48.7 Å². The van der Waals surface area contributed by atoms with Gasteiger partial charge in [0.2, 0.25) is 0 Å². The highest BCUT2D eigenvalue weighted by atomic mass is 16.3. The van der Waals surface area contributed by atoms with Crippen LogP contribution in [0.2, 0.25) is 0 Å². The lowest BCUT2D eigenvalue weighted by atomic mass is 9.81. The Morgan fingerprint density at radius 3 is 1.08 bits per heavy atom. The van der Waals surface area contributed by atoms with Gasteiger partial charge in [0.25, 0.3) is 0 Å². The number of hydrogen-bond donors (Lipinski definition) is 20. The summed E-state index contributed by atoms with van der Waals surface area (Å²) in [6.07, 6.45) is 18.3. The standard InChI is InChI=1S/C9H19NO.C7H15NO.2C6H13NO.3C5H11NO.C4H9NO.2C2H7NO/c1-8(2)5-7(11)6-9(3,4)10-8;9-6-3-7-1-4-8-5-2-7;8-5-6-2-1-3-7-4-6;8-5-6-3-1-2-4-7-6;7-5-1-3-6-4-2-5;7-4-5-2-1-3-6-5;7-5-2-1-3-6-4-5;6-4-1-2-5-3-4;2*3-1-2-4/h7,10-11H,5-6H2,1-4H3;7-9H,1-6H2;2*6-8H,1-5H2;3*5-7H,1-4H2;4-6H,1-3H2;2*4H,1-3H2. The molecular formula is C51H116N10O10. The average molecular weight is 1030 g/mol. The first-order valence-electron chi connectivity index (χ1n) is 27.6. The van der Waals surface area contributed by atoms with E-state index in [4.69, 9.17) is 57.4 Å². The molecule has 8 heterocycles. The third kappa shape index (κ3) is 48.6. The van der Waals surface area contributed by atoms with Gasteiger partial charge in [0.1, 0.15) is 0 Å². The molecule has 22 N–H and O–H groups in total. The van der Waals surface area contributed by atoms with E-state index < -0.39 is 0 Å². The normalized spacial score (nSPS) is 27.0. The molecule has 8 aliphatic rings. The van der Waals surface area contributed by atoms with Gasteiger partial charge in [-0.3, -0.25) is 0 Å². The Labute approximate surface area is 431 Å². The Morgan fingerprint density at radius 2 is 0.817 bits per heavy atom. The van der Waals surface area contributed by atoms with E-state index >= 15 is 0 Å². The summed E-state index contributed by atoms with van der Waals surface area (Å²) in [5.41, 5.74) is 9.72. The van der Waals surface area contributed by atoms with Crippen molar-refractivity contribution in [1.82, 2.24) is 42.5 Å². The maximum absolute atomic E-state index is 9.54. The topological polar surface area (TPSA) is 351 Å². The fourth-order valence-electron chi connectivity index (χ4n) is 8.97. The van der Waals surface area contributed by atoms with Gasteiger partial charge in [0, 0.05) is 69.1 Å². The molecule has 0 amide bonds. The van der Waals surface area contributed by atoms with E-state index in [0.717, 1.165) is 149 Å². The Hall–Kier alpha value is -0.800. The van der Waals surface area contributed by atoms with Crippen molar-refractivity contribution < 1.29 is 51.1 Å². The average Bonchev–Trinajstić information content (AvgIpc) is 4.11. The molecule has 5 unspecified atom stereocenters. The first-order valence-corrected chi connectivity index (χ1v) is 27.6. The number of aliphatic hydroxyl groups is 10. The van der Waals surface area contributed by atoms with Crippen molar-refractivity contribution in [1.29, 1.82) is 0 Å². The fourth-order valence-corrected chi connectivity index (χ4v) is 8.97. The van der Waals surface area contributed by atoms with E-state index in [1.54, 1.807) is 0 Å². The molecule has 0 aliphatic carbocycles. The van der Waals surface area contributed by atoms with Gasteiger partial charge in [-0.05, 0) is 201 Å². The Balaban J connectivity index is 0. The van der Waals surface area contributed by atoms with Crippen molar-refractivity contribution in [3.63, 3.8) is 0 Å². The number of nitrogens with two attached hydrogens (primary N) is 2. The Kier molecular flexibility index (Phi) is 50.9. The van der Waals surface area contributed by atoms with Crippen LogP contribution in [-0.4, -0.2) is 230 Å². The lowest BCUT2D eigenvalue weighted by molar-refractivity contribution is 0.0396. The molecule has 0 bridgehead atoms. The van der Waals surface area contributed by atoms with Crippen molar-refractivity contribution in [2.75, 3.05) is 131 Å². The molecule has 8 rings (SSSR count). The highest BCUT2D eigenvalue weighted by molar-refractivity contribution is 4.96. The van der Waals surface area contributed by atoms with Crippen LogP contribution in [0.15, 0.2) is 0 Å². The van der Waals surface area contributed by atoms with E-state index in [2.05, 4.69) is 70.2 Å². The minimum absolute atomic E-state index is 0.0266. The fraction of sp³-hybridized carbons (Fsp3) is 1.00. The molecule has 0 aromatic heterocycles. The van der Waals surface area contributed by atoms with Crippen LogP contribution in [0.3, 0.4) is 0 Å². The lowest BCUT2D eigenvalue weighted by Gasteiger charge is -2.44. The van der Waals surface area contributed by atoms with Crippen LogP contribution >= 0.6 is 0 Å². The summed E-state index contributed by atoms with van der Waals surface area (Å²) in [4.78, 5) is 0. The molecule has 0 spiro atoms. The zero-order valence-corrected chi connectivity index (χ0v) is 45.4. The number of piperidine rings is 6. The molecule has 8 aliphatic heterocycles. The van der Waals surface area contributed by atoms with Gasteiger partial charge < -0.3 is 105 Å². The van der Waals surface area contributed by atoms with Crippen LogP contribution in [0, 0.1) is 11.8 Å². The van der Waals surface area contributed by atoms with Gasteiger partial charge in [0.05, 0.1) is 50.8 Å². The molecule has 5 atom stereocenters. The Bertz CT molecular complexity index is 997. The van der Waals surface area contributed by atoms with Crippen LogP contribution < -0.4 is 54.0 Å². The van der Waals surface area contributed by atoms with Gasteiger partial charge >= 0.3 is 0 Å². The minimum atomic E-state index is -0.138. The summed E-state index contributed by atoms with van der Waals surface area (Å²) >= 11 is 0. The number of aliphatic hydroxyl groups excluding tert-OH is 10. The summed E-state index contributed by atoms with van der Waals surface area (Å²) in [6, 6.07) is 0.795. The number of rotatable bonds is 7. The molecular weight excluding hydrogens is 913 g/mol. The van der Waals surface area contributed by atoms with Crippen LogP contribution in [-0.2, 0) is 0 Å². The number of β-amino-alcohol motifs (C(OH)–C–C–N with tert-alkyl or cyclic N) is 2. The van der Waals surface area contributed by atoms with Gasteiger partial charge in [-0.25, -0.2) is 0 Å². The van der Waals surface area contributed by atoms with E-state index in [0.29, 0.717) is 57.5 Å². The first-order chi connectivity index (χ1) is 34.0. The molecule has 8 fully saturated rings. The van der Waals surface area contributed by atoms with Gasteiger partial charge in [-0.1, -0.05) is 6.42 Å². The lowest BCUT2D eigenvalue weighted by Crippen LogP contribution is -2.59. The predicted molar refractivity (Wildman–Crippen MR) is 289 cm³/mol. The van der Waals surface area contributed by atoms with E-state index in [1.807, 2.05) is 0 Å². The maximum Gasteiger partial charge on any atom is 0.0676 e. The zero-order chi connectivity index (χ0) is 53.4. The third-order valence-electron chi connectivity index (χ3n) is 12.7. The summed E-state index contributed by atoms with van der Waals surface area (Å²) in [5.74, 6) is 1.32. The SMILES string of the molecule is CC1(C)CC(O)CC(C)(C)N1.NCCO.NCCO.OC1CCCNC1.OC1CCNC1.OC1CCNCC1.OCC1CCCCN1.OCC1CCCN1.OCC1CCCNC1.OCCC1CCNCC1. The first kappa shape index (κ1) is 72.3. The zero-order valence-electron chi connectivity index (χ0n) is 45.4. The summed E-state index contributed by atoms with van der Waals surface area (Å²) in [5, 5.41) is 111. The molecule has 20 nitrogen and oxygen atoms in total. The second kappa shape index (κ2) is 50.0. The molecule has 8 saturated heterocycles. The maximum atomic E-state index is 9.54. The monoisotopic (exact) mass is 1030 g/mol. The Morgan fingerprint density at radius 1 is 0.394 bits per heavy atom. The molecule has 0 aromatic carbocycles. The highest BCUT2D eigenvalue weighted by Gasteiger charge is 2.36. The minimum Gasteiger partial charge on any atom is -0.396 e. The predicted octanol–water partition coefficient (Wildman–Crippen LogP) is -1.84. The van der Waals surface area contributed by atoms with Crippen LogP contribution in [0.1, 0.15) is 137 Å². The third-order valence-corrected chi connectivity index (χ3v) is 12.7. The van der Waals surface area contributed by atoms with Crippen molar-refractivity contribution in [3.05, 3.63) is 0 Å². The molecule has 0 aromatic rings. The second-order valence-corrected chi connectivity index (χ2v) is 21.0. The van der Waals surface area contributed by atoms with E-state index in [1.165, 1.54) is 44.9 Å². The van der Waals surface area contributed by atoms with Crippen molar-refractivity contribution >= 4 is 0 Å². The van der Waals surface area contributed by atoms with Crippen molar-refractivity contribution in [2.24, 2.45) is 23.3 Å². The number of nitrogens with one attached hydrogen (secondary N) is 8. The number of hydrogen-bond acceptors (Lipinski definition) is 20. The van der Waals surface area contributed by atoms with Gasteiger partial charge in [0.15, 0.2) is 0 Å². The van der Waals surface area contributed by atoms with Crippen LogP contribution in [0.25, 0.3) is 0 Å². The van der Waals surface area contributed by atoms with Gasteiger partial charge in [-0.15, -0.1) is 0 Å². The largest absolute Gasteiger partial charge is 0.396 e. The van der Waals surface area contributed by atoms with Crippen LogP contribution in [0.5, 0.6) is 0 Å². The summed E-state index contributed by atoms with van der Waals surface area (Å²) in [6.45, 7) is 23.1. The quantitative estimate of drug-likeness (QED) is 0.133. The molecule has 71 heavy (non-hydrogen) atoms. The molecule has 20 heteroatoms. The van der Waals surface area contributed by atoms with Crippen molar-refractivity contribution in [2.45, 2.75) is 184 Å². The van der Waals surface area contributed by atoms with Gasteiger partial charge in [-0.2, -0.15) is 0 Å².